The van der Waals surface area contributed by atoms with Crippen LogP contribution in [0.1, 0.15) is 23.4 Å². The fourth-order valence-corrected chi connectivity index (χ4v) is 4.22. The van der Waals surface area contributed by atoms with Crippen LogP contribution in [0, 0.1) is 0 Å². The van der Waals surface area contributed by atoms with Crippen molar-refractivity contribution in [1.29, 1.82) is 0 Å². The molecule has 0 saturated carbocycles. The summed E-state index contributed by atoms with van der Waals surface area (Å²) < 4.78 is 1.14. The molecule has 1 aromatic heterocycles. The molecule has 102 valence electrons. The molecule has 2 aromatic rings. The van der Waals surface area contributed by atoms with E-state index in [1.807, 2.05) is 18.2 Å². The van der Waals surface area contributed by atoms with Gasteiger partial charge in [0.15, 0.2) is 0 Å². The molecule has 1 unspecified atom stereocenters. The molecule has 0 aliphatic carbocycles. The number of likely N-dealkylation sites (N-methyl/N-ethyl adjacent to an activating group) is 1. The van der Waals surface area contributed by atoms with Crippen LogP contribution in [0.3, 0.4) is 0 Å². The Morgan fingerprint density at radius 1 is 1.21 bits per heavy atom. The number of hydrogen-bond donors (Lipinski definition) is 1. The first-order valence-corrected chi connectivity index (χ1v) is 8.40. The molecule has 0 aliphatic rings. The Hall–Kier alpha value is -0.0600. The third kappa shape index (κ3) is 3.96. The van der Waals surface area contributed by atoms with Crippen LogP contribution in [0.2, 0.25) is 10.0 Å². The topological polar surface area (TPSA) is 12.0 Å². The molecule has 0 bridgehead atoms. The van der Waals surface area contributed by atoms with Crippen molar-refractivity contribution in [3.05, 3.63) is 54.6 Å². The van der Waals surface area contributed by atoms with Crippen molar-refractivity contribution in [2.45, 2.75) is 19.4 Å². The molecule has 0 fully saturated rings. The van der Waals surface area contributed by atoms with Crippen molar-refractivity contribution in [3.8, 4) is 0 Å². The Bertz CT molecular complexity index is 536. The highest BCUT2D eigenvalue weighted by molar-refractivity contribution is 9.11. The van der Waals surface area contributed by atoms with Gasteiger partial charge in [0.2, 0.25) is 0 Å². The second-order valence-electron chi connectivity index (χ2n) is 4.16. The summed E-state index contributed by atoms with van der Waals surface area (Å²) >= 11 is 17.8. The monoisotopic (exact) mass is 377 g/mol. The number of halogens is 3. The van der Waals surface area contributed by atoms with Crippen LogP contribution in [0.25, 0.3) is 0 Å². The summed E-state index contributed by atoms with van der Waals surface area (Å²) in [4.78, 5) is 1.30. The highest BCUT2D eigenvalue weighted by Crippen LogP contribution is 2.34. The fraction of sp³-hybridized carbons (Fsp3) is 0.286. The molecule has 0 aliphatic heterocycles. The van der Waals surface area contributed by atoms with Gasteiger partial charge in [0, 0.05) is 32.9 Å². The maximum Gasteiger partial charge on any atom is 0.0701 e. The zero-order chi connectivity index (χ0) is 13.8. The van der Waals surface area contributed by atoms with Gasteiger partial charge < -0.3 is 5.32 Å². The number of nitrogens with one attached hydrogen (secondary N) is 1. The Kier molecular flexibility index (Phi) is 5.72. The van der Waals surface area contributed by atoms with Gasteiger partial charge in [0.25, 0.3) is 0 Å². The summed E-state index contributed by atoms with van der Waals surface area (Å²) in [6.07, 6.45) is 0.883. The minimum absolute atomic E-state index is 0.136. The van der Waals surface area contributed by atoms with E-state index in [0.29, 0.717) is 10.0 Å². The maximum atomic E-state index is 6.30. The van der Waals surface area contributed by atoms with E-state index in [-0.39, 0.29) is 6.04 Å². The lowest BCUT2D eigenvalue weighted by Gasteiger charge is -2.20. The minimum atomic E-state index is 0.136. The highest BCUT2D eigenvalue weighted by atomic mass is 79.9. The van der Waals surface area contributed by atoms with Crippen molar-refractivity contribution in [2.24, 2.45) is 0 Å². The minimum Gasteiger partial charge on any atom is -0.310 e. The van der Waals surface area contributed by atoms with E-state index in [0.717, 1.165) is 22.3 Å². The number of rotatable bonds is 5. The molecule has 1 heterocycles. The normalized spacial score (nSPS) is 12.6. The molecule has 0 saturated heterocycles. The van der Waals surface area contributed by atoms with Gasteiger partial charge in [-0.1, -0.05) is 36.2 Å². The lowest BCUT2D eigenvalue weighted by Crippen LogP contribution is -2.23. The van der Waals surface area contributed by atoms with Crippen molar-refractivity contribution in [1.82, 2.24) is 5.32 Å². The van der Waals surface area contributed by atoms with Gasteiger partial charge in [-0.3, -0.25) is 0 Å². The van der Waals surface area contributed by atoms with Crippen molar-refractivity contribution >= 4 is 50.5 Å². The summed E-state index contributed by atoms with van der Waals surface area (Å²) in [5.74, 6) is 0. The Morgan fingerprint density at radius 2 is 1.89 bits per heavy atom. The van der Waals surface area contributed by atoms with Gasteiger partial charge >= 0.3 is 0 Å². The summed E-state index contributed by atoms with van der Waals surface area (Å²) in [6.45, 7) is 2.96. The lowest BCUT2D eigenvalue weighted by molar-refractivity contribution is 0.553. The molecular weight excluding hydrogens is 365 g/mol. The third-order valence-electron chi connectivity index (χ3n) is 2.83. The van der Waals surface area contributed by atoms with Crippen molar-refractivity contribution < 1.29 is 0 Å². The lowest BCUT2D eigenvalue weighted by atomic mass is 10.0. The molecule has 1 atom stereocenters. The Labute approximate surface area is 136 Å². The van der Waals surface area contributed by atoms with E-state index < -0.39 is 0 Å². The van der Waals surface area contributed by atoms with Gasteiger partial charge in [0.1, 0.15) is 0 Å². The van der Waals surface area contributed by atoms with Crippen LogP contribution in [0.5, 0.6) is 0 Å². The van der Waals surface area contributed by atoms with Crippen LogP contribution >= 0.6 is 50.5 Å². The number of hydrogen-bond acceptors (Lipinski definition) is 2. The van der Waals surface area contributed by atoms with Crippen LogP contribution in [-0.4, -0.2) is 6.54 Å². The fourth-order valence-electron chi connectivity index (χ4n) is 2.03. The molecule has 0 radical (unpaired) electrons. The largest absolute Gasteiger partial charge is 0.310 e. The zero-order valence-corrected chi connectivity index (χ0v) is 14.3. The Morgan fingerprint density at radius 3 is 2.42 bits per heavy atom. The molecule has 0 spiro atoms. The van der Waals surface area contributed by atoms with Gasteiger partial charge in [0.05, 0.1) is 3.79 Å². The average molecular weight is 379 g/mol. The molecular formula is C14H14BrCl2NS. The predicted octanol–water partition coefficient (Wildman–Crippen LogP) is 5.71. The number of thiophene rings is 1. The molecule has 0 amide bonds. The van der Waals surface area contributed by atoms with E-state index in [9.17, 15) is 0 Å². The summed E-state index contributed by atoms with van der Waals surface area (Å²) in [7, 11) is 0. The van der Waals surface area contributed by atoms with Crippen molar-refractivity contribution in [3.63, 3.8) is 0 Å². The van der Waals surface area contributed by atoms with E-state index in [4.69, 9.17) is 23.2 Å². The summed E-state index contributed by atoms with van der Waals surface area (Å²) in [5.41, 5.74) is 0.984. The van der Waals surface area contributed by atoms with Gasteiger partial charge in [-0.15, -0.1) is 11.3 Å². The van der Waals surface area contributed by atoms with Crippen LogP contribution in [0.4, 0.5) is 0 Å². The Balaban J connectivity index is 2.29. The predicted molar refractivity (Wildman–Crippen MR) is 88.6 cm³/mol. The summed E-state index contributed by atoms with van der Waals surface area (Å²) in [6, 6.07) is 9.98. The second kappa shape index (κ2) is 7.09. The number of benzene rings is 1. The van der Waals surface area contributed by atoms with Crippen LogP contribution < -0.4 is 5.32 Å². The SMILES string of the molecule is CCNC(Cc1ccc(Br)s1)c1c(Cl)cccc1Cl. The van der Waals surface area contributed by atoms with E-state index in [2.05, 4.69) is 40.3 Å². The third-order valence-corrected chi connectivity index (χ3v) is 5.14. The van der Waals surface area contributed by atoms with E-state index in [1.54, 1.807) is 11.3 Å². The molecule has 5 heteroatoms. The smallest absolute Gasteiger partial charge is 0.0701 e. The highest BCUT2D eigenvalue weighted by Gasteiger charge is 2.18. The summed E-state index contributed by atoms with van der Waals surface area (Å²) in [5, 5.41) is 4.89. The second-order valence-corrected chi connectivity index (χ2v) is 7.52. The first-order valence-electron chi connectivity index (χ1n) is 6.03. The van der Waals surface area contributed by atoms with Crippen molar-refractivity contribution in [2.75, 3.05) is 6.54 Å². The molecule has 1 N–H and O–H groups in total. The molecule has 1 aromatic carbocycles. The van der Waals surface area contributed by atoms with Gasteiger partial charge in [-0.2, -0.15) is 0 Å². The average Bonchev–Trinajstić information content (AvgIpc) is 2.75. The standard InChI is InChI=1S/C14H14BrCl2NS/c1-2-18-12(8-9-6-7-13(15)19-9)14-10(16)4-3-5-11(14)17/h3-7,12,18H,2,8H2,1H3. The van der Waals surface area contributed by atoms with E-state index in [1.165, 1.54) is 4.88 Å². The molecule has 19 heavy (non-hydrogen) atoms. The van der Waals surface area contributed by atoms with Crippen LogP contribution in [-0.2, 0) is 6.42 Å². The van der Waals surface area contributed by atoms with E-state index >= 15 is 0 Å². The molecule has 1 nitrogen and oxygen atoms in total. The molecule has 2 rings (SSSR count). The maximum absolute atomic E-state index is 6.30. The zero-order valence-electron chi connectivity index (χ0n) is 10.4. The quantitative estimate of drug-likeness (QED) is 0.702. The van der Waals surface area contributed by atoms with Gasteiger partial charge in [-0.05, 0) is 46.7 Å². The first kappa shape index (κ1) is 15.3. The first-order chi connectivity index (χ1) is 9.11. The van der Waals surface area contributed by atoms with Gasteiger partial charge in [-0.25, -0.2) is 0 Å². The van der Waals surface area contributed by atoms with Crippen LogP contribution in [0.15, 0.2) is 34.1 Å².